The third-order valence-corrected chi connectivity index (χ3v) is 34.0. The van der Waals surface area contributed by atoms with Crippen LogP contribution in [-0.2, 0) is 0 Å². The molecule has 0 unspecified atom stereocenters. The SMILES string of the molecule is c1ccc2c(c1)B1N(c3ccc(-c4cccc5c4sc4ccccc45)cc3-2)c2cccc3c4cnccc4n1c23.c1ccc2c(c1)B1N(c3ccc(-n4c5ccccc5c5ccccc54)cc3-2)c2cccc3c4cnccc4n1c23.c1ccc2c(c1)B1N(c3ccccc3-2)c2cc(-n3c4ccccc4c4ccccc43)cc3c4cnccc4n1c23.c1ccc2c(c1)B1N(c3ccccc3-2)c2cccc3c4cnccc4n1c23. The fraction of sp³-hybridized carbons (Fsp3) is 0. The van der Waals surface area contributed by atoms with Crippen molar-refractivity contribution in [1.82, 2.24) is 47.0 Å². The lowest BCUT2D eigenvalue weighted by molar-refractivity contribution is 1.18. The number of rotatable bonds is 3. The van der Waals surface area contributed by atoms with Gasteiger partial charge < -0.3 is 46.3 Å². The molecule has 29 aromatic rings. The molecule has 0 radical (unpaired) electrons. The van der Waals surface area contributed by atoms with Crippen molar-refractivity contribution in [2.24, 2.45) is 0 Å². The van der Waals surface area contributed by atoms with Crippen molar-refractivity contribution in [2.75, 3.05) is 19.2 Å². The first kappa shape index (κ1) is 79.7. The van der Waals surface area contributed by atoms with Crippen molar-refractivity contribution in [1.29, 1.82) is 0 Å². The lowest BCUT2D eigenvalue weighted by atomic mass is 9.60. The van der Waals surface area contributed by atoms with Crippen LogP contribution in [-0.4, -0.2) is 74.9 Å². The van der Waals surface area contributed by atoms with Crippen LogP contribution in [0.4, 0.5) is 45.5 Å². The van der Waals surface area contributed by atoms with Gasteiger partial charge in [-0.3, -0.25) is 19.9 Å². The summed E-state index contributed by atoms with van der Waals surface area (Å²) < 4.78 is 17.6. The zero-order chi connectivity index (χ0) is 95.4. The molecule has 0 saturated carbocycles. The molecule has 18 aromatic carbocycles. The highest BCUT2D eigenvalue weighted by Crippen LogP contribution is 2.57. The Morgan fingerprint density at radius 3 is 0.946 bits per heavy atom. The number of para-hydroxylation sites is 9. The van der Waals surface area contributed by atoms with E-state index >= 15 is 0 Å². The van der Waals surface area contributed by atoms with Gasteiger partial charge in [0, 0.05) is 213 Å². The molecule has 0 aliphatic carbocycles. The van der Waals surface area contributed by atoms with Crippen LogP contribution in [0, 0.1) is 0 Å². The highest BCUT2D eigenvalue weighted by atomic mass is 32.1. The van der Waals surface area contributed by atoms with Crippen molar-refractivity contribution in [3.05, 3.63) is 462 Å². The van der Waals surface area contributed by atoms with Crippen LogP contribution in [0.15, 0.2) is 462 Å². The molecule has 11 aromatic heterocycles. The number of thiophene rings is 1. The molecular weight excluding hydrogens is 1810 g/mol. The molecule has 147 heavy (non-hydrogen) atoms. The van der Waals surface area contributed by atoms with Crippen LogP contribution >= 0.6 is 11.3 Å². The summed E-state index contributed by atoms with van der Waals surface area (Å²) in [5.41, 5.74) is 45.6. The number of hydrogen-bond acceptors (Lipinski definition) is 9. The van der Waals surface area contributed by atoms with Crippen LogP contribution in [0.3, 0.4) is 0 Å². The molecule has 19 heteroatoms. The van der Waals surface area contributed by atoms with Gasteiger partial charge in [0.2, 0.25) is 0 Å². The minimum atomic E-state index is 0.0388. The van der Waals surface area contributed by atoms with Crippen molar-refractivity contribution < 1.29 is 0 Å². The molecule has 0 N–H and O–H groups in total. The Morgan fingerprint density at radius 2 is 0.497 bits per heavy atom. The molecule has 0 bridgehead atoms. The van der Waals surface area contributed by atoms with Gasteiger partial charge in [0.15, 0.2) is 0 Å². The van der Waals surface area contributed by atoms with Crippen LogP contribution in [0.1, 0.15) is 0 Å². The van der Waals surface area contributed by atoms with Crippen molar-refractivity contribution in [3.63, 3.8) is 0 Å². The number of aromatic nitrogens is 10. The summed E-state index contributed by atoms with van der Waals surface area (Å²) in [5, 5.41) is 17.7. The van der Waals surface area contributed by atoms with E-state index < -0.39 is 0 Å². The molecule has 0 atom stereocenters. The Bertz CT molecular complexity index is 10800. The Balaban J connectivity index is 0.0000000848. The number of nitrogens with zero attached hydrogens (tertiary/aromatic N) is 14. The summed E-state index contributed by atoms with van der Waals surface area (Å²) >= 11 is 1.89. The third-order valence-electron chi connectivity index (χ3n) is 32.8. The second-order valence-electron chi connectivity index (χ2n) is 39.7. The van der Waals surface area contributed by atoms with Gasteiger partial charge in [-0.2, -0.15) is 0 Å². The minimum Gasteiger partial charge on any atom is -0.359 e. The second kappa shape index (κ2) is 29.8. The molecule has 8 aliphatic rings. The molecule has 37 rings (SSSR count). The summed E-state index contributed by atoms with van der Waals surface area (Å²) in [6.45, 7) is 0.302. The number of pyridine rings is 4. The first-order valence-corrected chi connectivity index (χ1v) is 51.3. The number of anilines is 8. The zero-order valence-corrected chi connectivity index (χ0v) is 79.7. The Morgan fingerprint density at radius 1 is 0.184 bits per heavy atom. The predicted molar refractivity (Wildman–Crippen MR) is 615 cm³/mol. The number of benzene rings is 18. The fourth-order valence-corrected chi connectivity index (χ4v) is 28.4. The molecular formula is C128H76B4N14S. The summed E-state index contributed by atoms with van der Waals surface area (Å²) in [6, 6.07) is 151. The van der Waals surface area contributed by atoms with Gasteiger partial charge in [-0.1, -0.05) is 285 Å². The van der Waals surface area contributed by atoms with Crippen LogP contribution < -0.4 is 41.1 Å². The molecule has 0 spiro atoms. The van der Waals surface area contributed by atoms with Crippen LogP contribution in [0.25, 0.3) is 218 Å². The predicted octanol–water partition coefficient (Wildman–Crippen LogP) is 28.5. The van der Waals surface area contributed by atoms with E-state index in [0.717, 1.165) is 0 Å². The topological polar surface area (TPSA) is 94.1 Å². The van der Waals surface area contributed by atoms with Crippen molar-refractivity contribution in [3.8, 4) is 67.0 Å². The molecule has 0 saturated heterocycles. The van der Waals surface area contributed by atoms with E-state index in [0.29, 0.717) is 0 Å². The maximum absolute atomic E-state index is 4.57. The van der Waals surface area contributed by atoms with Gasteiger partial charge in [-0.05, 0) is 183 Å². The Hall–Kier alpha value is -19.0. The summed E-state index contributed by atoms with van der Waals surface area (Å²) in [7, 11) is 0. The zero-order valence-electron chi connectivity index (χ0n) is 78.9. The monoisotopic (exact) mass is 1880 g/mol. The molecule has 8 aliphatic heterocycles. The quantitative estimate of drug-likeness (QED) is 0.162. The average molecular weight is 1890 g/mol. The van der Waals surface area contributed by atoms with Gasteiger partial charge in [0.1, 0.15) is 0 Å². The van der Waals surface area contributed by atoms with Crippen LogP contribution in [0.5, 0.6) is 0 Å². The summed E-state index contributed by atoms with van der Waals surface area (Å²) in [5.74, 6) is 0. The minimum absolute atomic E-state index is 0.0388. The summed E-state index contributed by atoms with van der Waals surface area (Å²) in [4.78, 5) is 28.0. The first-order valence-electron chi connectivity index (χ1n) is 50.5. The molecule has 0 fully saturated rings. The van der Waals surface area contributed by atoms with Crippen LogP contribution in [0.2, 0.25) is 0 Å². The van der Waals surface area contributed by atoms with Gasteiger partial charge >= 0.3 is 27.9 Å². The van der Waals surface area contributed by atoms with Crippen molar-refractivity contribution >= 4 is 258 Å². The lowest BCUT2D eigenvalue weighted by Crippen LogP contribution is -2.51. The normalized spacial score (nSPS) is 13.5. The molecule has 0 amide bonds. The fourth-order valence-electron chi connectivity index (χ4n) is 27.1. The molecule has 676 valence electrons. The second-order valence-corrected chi connectivity index (χ2v) is 40.8. The smallest absolute Gasteiger partial charge is 0.359 e. The van der Waals surface area contributed by atoms with E-state index in [1.54, 1.807) is 0 Å². The van der Waals surface area contributed by atoms with Gasteiger partial charge in [-0.15, -0.1) is 11.3 Å². The van der Waals surface area contributed by atoms with E-state index in [1.807, 2.05) is 60.9 Å². The third kappa shape index (κ3) is 10.6. The Labute approximate surface area is 846 Å². The molecule has 19 heterocycles. The number of hydrogen-bond donors (Lipinski definition) is 0. The largest absolute Gasteiger partial charge is 0.421 e. The average Bonchev–Trinajstić information content (AvgIpc) is 1.54. The van der Waals surface area contributed by atoms with Gasteiger partial charge in [0.05, 0.1) is 66.9 Å². The van der Waals surface area contributed by atoms with E-state index in [1.165, 1.54) is 285 Å². The Kier molecular flexibility index (Phi) is 16.2. The van der Waals surface area contributed by atoms with E-state index in [2.05, 4.69) is 479 Å². The van der Waals surface area contributed by atoms with E-state index in [-0.39, 0.29) is 27.9 Å². The van der Waals surface area contributed by atoms with Crippen molar-refractivity contribution in [2.45, 2.75) is 0 Å². The highest BCUT2D eigenvalue weighted by molar-refractivity contribution is 7.26. The maximum atomic E-state index is 4.57. The summed E-state index contributed by atoms with van der Waals surface area (Å²) in [6.07, 6.45) is 15.7. The lowest BCUT2D eigenvalue weighted by Gasteiger charge is -2.35. The van der Waals surface area contributed by atoms with Gasteiger partial charge in [-0.25, -0.2) is 0 Å². The number of fused-ring (bicyclic) bond motifs is 53. The van der Waals surface area contributed by atoms with Gasteiger partial charge in [0.25, 0.3) is 0 Å². The molecule has 14 nitrogen and oxygen atoms in total. The standard InChI is InChI=1S/2C35H21BN4.C35H20BN3S.C23H14BN3/c1-5-13-29-23(9-1)24-10-4-8-16-32(24)39-34-20-22(19-27-28-21-37-18-17-33(28)40(35(27)34)36(29)39)38-30-14-6-2-11-25(30)26-12-3-7-15-31(26)38;1-4-12-29-23(8-1)27-20-22(38-30-13-5-2-9-24(30)25-10-3-6-14-31(25)38)16-17-32(27)39-34-15-7-11-26-28-21-37-19-18-33(28)40(35(26)34)36(29)39;1-3-12-29-23(7-1)27-19-21(22-9-5-11-26-24-8-2-4-14-33(24)40-35(22)26)15-16-30(27)38-32-13-6-10-25-28-20-37-18-17-31(28)39(34(25)32)36(29)38;1-3-9-19-15(6-1)16-7-2-4-10-20(16)26-22-11-5-8-17-18-14-25-13-12-21(18)27(23(17)22)24(19)26/h2*1-21H;1-20H;1-14H. The van der Waals surface area contributed by atoms with E-state index in [4.69, 9.17) is 0 Å². The van der Waals surface area contributed by atoms with E-state index in [9.17, 15) is 0 Å². The first-order chi connectivity index (χ1) is 73.1. The maximum Gasteiger partial charge on any atom is 0.421 e. The highest BCUT2D eigenvalue weighted by Gasteiger charge is 2.51.